The molecule has 0 fully saturated rings. The first-order valence-electron chi connectivity index (χ1n) is 18.7. The Morgan fingerprint density at radius 1 is 0.357 bits per heavy atom. The van der Waals surface area contributed by atoms with E-state index in [-0.39, 0.29) is 11.8 Å². The molecule has 0 aliphatic rings. The predicted octanol–water partition coefficient (Wildman–Crippen LogP) is 10.0. The molecule has 0 aromatic rings. The van der Waals surface area contributed by atoms with Crippen molar-refractivity contribution in [2.24, 2.45) is 0 Å². The molecule has 0 heterocycles. The van der Waals surface area contributed by atoms with E-state index in [0.29, 0.717) is 13.1 Å². The van der Waals surface area contributed by atoms with E-state index in [0.717, 1.165) is 51.9 Å². The van der Waals surface area contributed by atoms with Gasteiger partial charge in [-0.1, -0.05) is 156 Å². The molecular formula is C37H75N3O2. The summed E-state index contributed by atoms with van der Waals surface area (Å²) in [7, 11) is 1.96. The minimum atomic E-state index is 0.200. The summed E-state index contributed by atoms with van der Waals surface area (Å²) in [6.07, 6.45) is 29.9. The van der Waals surface area contributed by atoms with Crippen LogP contribution in [0.3, 0.4) is 0 Å². The smallest absolute Gasteiger partial charge is 0.236 e. The van der Waals surface area contributed by atoms with Gasteiger partial charge >= 0.3 is 0 Å². The molecule has 0 bridgehead atoms. The van der Waals surface area contributed by atoms with E-state index < -0.39 is 0 Å². The molecule has 2 amide bonds. The summed E-state index contributed by atoms with van der Waals surface area (Å²) in [5.41, 5.74) is 0. The summed E-state index contributed by atoms with van der Waals surface area (Å²) in [5.74, 6) is 0.400. The number of likely N-dealkylation sites (N-methyl/N-ethyl adjacent to an activating group) is 1. The lowest BCUT2D eigenvalue weighted by molar-refractivity contribution is -0.135. The van der Waals surface area contributed by atoms with Gasteiger partial charge in [0, 0.05) is 26.2 Å². The number of unbranched alkanes of at least 4 members (excludes halogenated alkanes) is 20. The Balaban J connectivity index is 4.85. The standard InChI is InChI=1S/C37H75N3O2/c1-6-10-14-18-22-26-30-39(31-27-23-19-15-11-7-2)36(41)34-38(5)35-37(42)40(32-28-24-20-16-12-8-3)33-29-25-21-17-13-9-4/h6-35H2,1-5H3. The molecule has 5 heteroatoms. The molecule has 0 aliphatic carbocycles. The zero-order valence-electron chi connectivity index (χ0n) is 29.4. The van der Waals surface area contributed by atoms with E-state index in [1.54, 1.807) is 0 Å². The molecule has 0 saturated carbocycles. The number of carbonyl (C=O) groups is 2. The predicted molar refractivity (Wildman–Crippen MR) is 184 cm³/mol. The molecule has 0 N–H and O–H groups in total. The summed E-state index contributed by atoms with van der Waals surface area (Å²) in [6, 6.07) is 0. The molecule has 5 nitrogen and oxygen atoms in total. The third kappa shape index (κ3) is 25.4. The Morgan fingerprint density at radius 2 is 0.571 bits per heavy atom. The molecule has 0 aromatic carbocycles. The highest BCUT2D eigenvalue weighted by Gasteiger charge is 2.19. The highest BCUT2D eigenvalue weighted by atomic mass is 16.2. The highest BCUT2D eigenvalue weighted by Crippen LogP contribution is 2.12. The van der Waals surface area contributed by atoms with Crippen LogP contribution in [0, 0.1) is 0 Å². The molecule has 0 atom stereocenters. The molecule has 250 valence electrons. The molecule has 0 aliphatic heterocycles. The summed E-state index contributed by atoms with van der Waals surface area (Å²) >= 11 is 0. The first-order valence-corrected chi connectivity index (χ1v) is 18.7. The fraction of sp³-hybridized carbons (Fsp3) is 0.946. The maximum atomic E-state index is 13.4. The lowest BCUT2D eigenvalue weighted by Gasteiger charge is -2.28. The van der Waals surface area contributed by atoms with Gasteiger partial charge in [0.2, 0.25) is 11.8 Å². The fourth-order valence-corrected chi connectivity index (χ4v) is 5.77. The van der Waals surface area contributed by atoms with Gasteiger partial charge < -0.3 is 9.80 Å². The van der Waals surface area contributed by atoms with Crippen molar-refractivity contribution >= 4 is 11.8 Å². The SMILES string of the molecule is CCCCCCCCN(CCCCCCCC)C(=O)CN(C)CC(=O)N(CCCCCCCC)CCCCCCCC. The van der Waals surface area contributed by atoms with Crippen LogP contribution in [0.4, 0.5) is 0 Å². The molecule has 0 unspecified atom stereocenters. The van der Waals surface area contributed by atoms with Gasteiger partial charge in [-0.25, -0.2) is 0 Å². The molecule has 0 saturated heterocycles. The quantitative estimate of drug-likeness (QED) is 0.0729. The minimum absolute atomic E-state index is 0.200. The van der Waals surface area contributed by atoms with Crippen molar-refractivity contribution in [3.8, 4) is 0 Å². The van der Waals surface area contributed by atoms with Crippen molar-refractivity contribution < 1.29 is 9.59 Å². The molecule has 0 aromatic heterocycles. The van der Waals surface area contributed by atoms with Gasteiger partial charge in [-0.3, -0.25) is 14.5 Å². The number of rotatable bonds is 32. The second kappa shape index (κ2) is 31.3. The van der Waals surface area contributed by atoms with Crippen molar-refractivity contribution in [3.63, 3.8) is 0 Å². The van der Waals surface area contributed by atoms with E-state index in [4.69, 9.17) is 0 Å². The van der Waals surface area contributed by atoms with E-state index in [1.165, 1.54) is 128 Å². The van der Waals surface area contributed by atoms with Crippen molar-refractivity contribution in [1.29, 1.82) is 0 Å². The van der Waals surface area contributed by atoms with Gasteiger partial charge in [0.05, 0.1) is 13.1 Å². The topological polar surface area (TPSA) is 43.9 Å². The number of hydrogen-bond acceptors (Lipinski definition) is 3. The van der Waals surface area contributed by atoms with Gasteiger partial charge in [-0.15, -0.1) is 0 Å². The summed E-state index contributed by atoms with van der Waals surface area (Å²) < 4.78 is 0. The summed E-state index contributed by atoms with van der Waals surface area (Å²) in [5, 5.41) is 0. The van der Waals surface area contributed by atoms with Crippen LogP contribution in [-0.4, -0.2) is 72.8 Å². The van der Waals surface area contributed by atoms with E-state index in [9.17, 15) is 9.59 Å². The molecule has 0 spiro atoms. The largest absolute Gasteiger partial charge is 0.342 e. The van der Waals surface area contributed by atoms with E-state index in [1.807, 2.05) is 11.9 Å². The minimum Gasteiger partial charge on any atom is -0.342 e. The van der Waals surface area contributed by atoms with Gasteiger partial charge in [0.1, 0.15) is 0 Å². The van der Waals surface area contributed by atoms with Crippen LogP contribution in [0.25, 0.3) is 0 Å². The Morgan fingerprint density at radius 3 is 0.810 bits per heavy atom. The summed E-state index contributed by atoms with van der Waals surface area (Å²) in [6.45, 7) is 13.2. The zero-order valence-corrected chi connectivity index (χ0v) is 29.4. The first-order chi connectivity index (χ1) is 20.5. The fourth-order valence-electron chi connectivity index (χ4n) is 5.77. The average Bonchev–Trinajstić information content (AvgIpc) is 2.97. The van der Waals surface area contributed by atoms with Gasteiger partial charge in [0.25, 0.3) is 0 Å². The van der Waals surface area contributed by atoms with Crippen molar-refractivity contribution in [2.75, 3.05) is 46.3 Å². The van der Waals surface area contributed by atoms with Crippen LogP contribution in [0.2, 0.25) is 0 Å². The average molecular weight is 594 g/mol. The van der Waals surface area contributed by atoms with Crippen LogP contribution < -0.4 is 0 Å². The van der Waals surface area contributed by atoms with Crippen molar-refractivity contribution in [2.45, 2.75) is 182 Å². The molecular weight excluding hydrogens is 518 g/mol. The van der Waals surface area contributed by atoms with Crippen LogP contribution >= 0.6 is 0 Å². The van der Waals surface area contributed by atoms with Gasteiger partial charge in [-0.05, 0) is 32.7 Å². The van der Waals surface area contributed by atoms with Gasteiger partial charge in [0.15, 0.2) is 0 Å². The van der Waals surface area contributed by atoms with Crippen molar-refractivity contribution in [3.05, 3.63) is 0 Å². The maximum Gasteiger partial charge on any atom is 0.236 e. The van der Waals surface area contributed by atoms with Crippen LogP contribution in [0.1, 0.15) is 182 Å². The van der Waals surface area contributed by atoms with Gasteiger partial charge in [-0.2, -0.15) is 0 Å². The Labute approximate surface area is 263 Å². The lowest BCUT2D eigenvalue weighted by atomic mass is 10.1. The Hall–Kier alpha value is -1.10. The second-order valence-electron chi connectivity index (χ2n) is 13.0. The number of carbonyl (C=O) groups excluding carboxylic acids is 2. The lowest BCUT2D eigenvalue weighted by Crippen LogP contribution is -2.45. The van der Waals surface area contributed by atoms with Crippen molar-refractivity contribution in [1.82, 2.24) is 14.7 Å². The Bertz CT molecular complexity index is 516. The third-order valence-corrected chi connectivity index (χ3v) is 8.64. The number of nitrogens with zero attached hydrogens (tertiary/aromatic N) is 3. The Kier molecular flexibility index (Phi) is 30.5. The third-order valence-electron chi connectivity index (χ3n) is 8.64. The zero-order chi connectivity index (χ0) is 31.1. The highest BCUT2D eigenvalue weighted by molar-refractivity contribution is 5.81. The molecule has 0 rings (SSSR count). The van der Waals surface area contributed by atoms with E-state index >= 15 is 0 Å². The maximum absolute atomic E-state index is 13.4. The molecule has 0 radical (unpaired) electrons. The monoisotopic (exact) mass is 594 g/mol. The molecule has 42 heavy (non-hydrogen) atoms. The van der Waals surface area contributed by atoms with Crippen LogP contribution in [0.5, 0.6) is 0 Å². The number of amides is 2. The summed E-state index contributed by atoms with van der Waals surface area (Å²) in [4.78, 5) is 33.0. The first kappa shape index (κ1) is 40.9. The van der Waals surface area contributed by atoms with E-state index in [2.05, 4.69) is 37.5 Å². The van der Waals surface area contributed by atoms with Crippen LogP contribution in [0.15, 0.2) is 0 Å². The normalized spacial score (nSPS) is 11.4. The second-order valence-corrected chi connectivity index (χ2v) is 13.0. The van der Waals surface area contributed by atoms with Crippen LogP contribution in [-0.2, 0) is 9.59 Å². The number of hydrogen-bond donors (Lipinski definition) is 0.